The average molecular weight is 590 g/mol. The lowest BCUT2D eigenvalue weighted by Gasteiger charge is -2.25. The van der Waals surface area contributed by atoms with Crippen molar-refractivity contribution in [3.63, 3.8) is 0 Å². The normalized spacial score (nSPS) is 15.8. The Kier molecular flexibility index (Phi) is 7.87. The van der Waals surface area contributed by atoms with E-state index in [2.05, 4.69) is 20.9 Å². The van der Waals surface area contributed by atoms with E-state index in [4.69, 9.17) is 21.1 Å². The van der Waals surface area contributed by atoms with Gasteiger partial charge in [0.1, 0.15) is 5.75 Å². The lowest BCUT2D eigenvalue weighted by atomic mass is 9.96. The highest BCUT2D eigenvalue weighted by Gasteiger charge is 2.33. The zero-order valence-electron chi connectivity index (χ0n) is 20.5. The molecule has 6 nitrogen and oxygen atoms in total. The first-order valence-corrected chi connectivity index (χ1v) is 13.5. The van der Waals surface area contributed by atoms with E-state index in [0.717, 1.165) is 15.6 Å². The van der Waals surface area contributed by atoms with Crippen molar-refractivity contribution in [2.45, 2.75) is 52.9 Å². The maximum atomic E-state index is 13.8. The Morgan fingerprint density at radius 2 is 1.83 bits per heavy atom. The van der Waals surface area contributed by atoms with Crippen LogP contribution in [-0.4, -0.2) is 22.7 Å². The van der Waals surface area contributed by atoms with Crippen LogP contribution in [0.4, 0.5) is 0 Å². The van der Waals surface area contributed by atoms with Crippen molar-refractivity contribution >= 4 is 50.9 Å². The summed E-state index contributed by atoms with van der Waals surface area (Å²) in [5.74, 6) is 0.172. The number of carbonyl (C=O) groups is 1. The van der Waals surface area contributed by atoms with Crippen molar-refractivity contribution in [2.75, 3.05) is 0 Å². The fourth-order valence-corrected chi connectivity index (χ4v) is 5.50. The highest BCUT2D eigenvalue weighted by Crippen LogP contribution is 2.32. The number of allylic oxidation sites excluding steroid dienone is 1. The van der Waals surface area contributed by atoms with E-state index in [0.29, 0.717) is 31.4 Å². The van der Waals surface area contributed by atoms with E-state index in [1.54, 1.807) is 43.5 Å². The highest BCUT2D eigenvalue weighted by atomic mass is 79.9. The van der Waals surface area contributed by atoms with Crippen LogP contribution < -0.4 is 19.6 Å². The maximum Gasteiger partial charge on any atom is 0.338 e. The molecule has 1 aliphatic heterocycles. The first-order chi connectivity index (χ1) is 17.0. The first-order valence-electron chi connectivity index (χ1n) is 11.5. The number of benzene rings is 2. The number of nitrogens with zero attached hydrogens (tertiary/aromatic N) is 2. The van der Waals surface area contributed by atoms with Crippen LogP contribution >= 0.6 is 38.9 Å². The van der Waals surface area contributed by atoms with E-state index in [1.165, 1.54) is 11.3 Å². The van der Waals surface area contributed by atoms with Crippen molar-refractivity contribution in [2.24, 2.45) is 4.99 Å². The maximum absolute atomic E-state index is 13.8. The Labute approximate surface area is 226 Å². The summed E-state index contributed by atoms with van der Waals surface area (Å²) >= 11 is 10.9. The molecule has 0 N–H and O–H groups in total. The number of thiazole rings is 1. The summed E-state index contributed by atoms with van der Waals surface area (Å²) in [6.45, 7) is 9.24. The minimum Gasteiger partial charge on any atom is -0.490 e. The van der Waals surface area contributed by atoms with Gasteiger partial charge in [-0.1, -0.05) is 51.0 Å². The molecule has 0 bridgehead atoms. The monoisotopic (exact) mass is 588 g/mol. The van der Waals surface area contributed by atoms with Crippen LogP contribution in [0, 0.1) is 0 Å². The van der Waals surface area contributed by atoms with Crippen molar-refractivity contribution in [3.05, 3.63) is 94.0 Å². The Morgan fingerprint density at radius 3 is 2.47 bits per heavy atom. The minimum absolute atomic E-state index is 0.0263. The van der Waals surface area contributed by atoms with E-state index < -0.39 is 12.0 Å². The lowest BCUT2D eigenvalue weighted by Crippen LogP contribution is -2.40. The van der Waals surface area contributed by atoms with Gasteiger partial charge in [0.25, 0.3) is 5.56 Å². The van der Waals surface area contributed by atoms with E-state index in [-0.39, 0.29) is 17.8 Å². The van der Waals surface area contributed by atoms with E-state index >= 15 is 0 Å². The zero-order valence-corrected chi connectivity index (χ0v) is 23.7. The van der Waals surface area contributed by atoms with Gasteiger partial charge in [-0.15, -0.1) is 0 Å². The largest absolute Gasteiger partial charge is 0.490 e. The lowest BCUT2D eigenvalue weighted by molar-refractivity contribution is -0.143. The van der Waals surface area contributed by atoms with Gasteiger partial charge in [-0.3, -0.25) is 9.36 Å². The summed E-state index contributed by atoms with van der Waals surface area (Å²) in [5, 5.41) is 0.561. The van der Waals surface area contributed by atoms with Gasteiger partial charge in [0.15, 0.2) is 4.80 Å². The Hall–Kier alpha value is -2.68. The van der Waals surface area contributed by atoms with Gasteiger partial charge in [0, 0.05) is 15.1 Å². The Morgan fingerprint density at radius 1 is 1.14 bits per heavy atom. The third kappa shape index (κ3) is 5.51. The number of esters is 1. The molecule has 0 spiro atoms. The molecule has 1 atom stereocenters. The predicted molar refractivity (Wildman–Crippen MR) is 146 cm³/mol. The third-order valence-electron chi connectivity index (χ3n) is 5.39. The fourth-order valence-electron chi connectivity index (χ4n) is 3.96. The molecule has 188 valence electrons. The molecule has 36 heavy (non-hydrogen) atoms. The van der Waals surface area contributed by atoms with Crippen LogP contribution in [0.3, 0.4) is 0 Å². The molecule has 9 heteroatoms. The second-order valence-corrected chi connectivity index (χ2v) is 11.3. The van der Waals surface area contributed by atoms with Gasteiger partial charge >= 0.3 is 5.97 Å². The Balaban J connectivity index is 1.94. The molecule has 0 unspecified atom stereocenters. The van der Waals surface area contributed by atoms with Gasteiger partial charge < -0.3 is 9.47 Å². The van der Waals surface area contributed by atoms with Crippen LogP contribution in [0.25, 0.3) is 6.08 Å². The summed E-state index contributed by atoms with van der Waals surface area (Å²) in [4.78, 5) is 32.1. The summed E-state index contributed by atoms with van der Waals surface area (Å²) in [5.41, 5.74) is 2.09. The number of fused-ring (bicyclic) bond motifs is 1. The number of carbonyl (C=O) groups excluding carboxylic acids is 1. The topological polar surface area (TPSA) is 69.9 Å². The number of halogens is 2. The zero-order chi connectivity index (χ0) is 26.1. The quantitative estimate of drug-likeness (QED) is 0.362. The first kappa shape index (κ1) is 26.4. The smallest absolute Gasteiger partial charge is 0.338 e. The predicted octanol–water partition coefficient (Wildman–Crippen LogP) is 5.39. The number of ether oxygens (including phenoxy) is 2. The molecule has 2 heterocycles. The van der Waals surface area contributed by atoms with Gasteiger partial charge in [0.2, 0.25) is 0 Å². The van der Waals surface area contributed by atoms with Crippen molar-refractivity contribution < 1.29 is 14.3 Å². The van der Waals surface area contributed by atoms with Gasteiger partial charge in [0.05, 0.1) is 34.1 Å². The van der Waals surface area contributed by atoms with Gasteiger partial charge in [-0.05, 0) is 76.6 Å². The highest BCUT2D eigenvalue weighted by molar-refractivity contribution is 9.10. The second kappa shape index (κ2) is 10.7. The summed E-state index contributed by atoms with van der Waals surface area (Å²) in [6, 6.07) is 12.1. The van der Waals surface area contributed by atoms with Crippen molar-refractivity contribution in [1.82, 2.24) is 4.57 Å². The van der Waals surface area contributed by atoms with Crippen molar-refractivity contribution in [1.29, 1.82) is 0 Å². The molecule has 3 aromatic rings. The number of hydrogen-bond acceptors (Lipinski definition) is 6. The number of hydrogen-bond donors (Lipinski definition) is 0. The van der Waals surface area contributed by atoms with E-state index in [9.17, 15) is 9.59 Å². The molecule has 0 saturated heterocycles. The van der Waals surface area contributed by atoms with Crippen LogP contribution in [0.15, 0.2) is 68.0 Å². The number of aromatic nitrogens is 1. The molecule has 0 amide bonds. The molecular weight excluding hydrogens is 564 g/mol. The SMILES string of the molecule is CC1=C(C(=O)OC(C)C)[C@H](c2ccc(Cl)cc2)n2c(s/c(=C/c3cc(Br)ccc3OC(C)C)c2=O)=N1. The summed E-state index contributed by atoms with van der Waals surface area (Å²) in [6.07, 6.45) is 1.46. The molecule has 0 saturated carbocycles. The summed E-state index contributed by atoms with van der Waals surface area (Å²) in [7, 11) is 0. The van der Waals surface area contributed by atoms with Gasteiger partial charge in [-0.25, -0.2) is 9.79 Å². The van der Waals surface area contributed by atoms with E-state index in [1.807, 2.05) is 44.2 Å². The van der Waals surface area contributed by atoms with Crippen LogP contribution in [0.2, 0.25) is 5.02 Å². The third-order valence-corrected chi connectivity index (χ3v) is 7.12. The molecular formula is C27H26BrClN2O4S. The minimum atomic E-state index is -0.694. The van der Waals surface area contributed by atoms with Crippen molar-refractivity contribution in [3.8, 4) is 5.75 Å². The average Bonchev–Trinajstić information content (AvgIpc) is 3.09. The van der Waals surface area contributed by atoms with Crippen LogP contribution in [0.5, 0.6) is 5.75 Å². The molecule has 2 aromatic carbocycles. The molecule has 0 radical (unpaired) electrons. The van der Waals surface area contributed by atoms with Crippen LogP contribution in [-0.2, 0) is 9.53 Å². The number of rotatable bonds is 6. The fraction of sp³-hybridized carbons (Fsp3) is 0.296. The van der Waals surface area contributed by atoms with Gasteiger partial charge in [-0.2, -0.15) is 0 Å². The molecule has 1 aliphatic rings. The van der Waals surface area contributed by atoms with Crippen LogP contribution in [0.1, 0.15) is 51.8 Å². The molecule has 0 aliphatic carbocycles. The Bertz CT molecular complexity index is 1520. The summed E-state index contributed by atoms with van der Waals surface area (Å²) < 4.78 is 14.4. The molecule has 4 rings (SSSR count). The molecule has 1 aromatic heterocycles. The molecule has 0 fully saturated rings. The standard InChI is InChI=1S/C27H26BrClN2O4S/c1-14(2)34-21-11-8-19(28)12-18(21)13-22-25(32)31-24(17-6-9-20(29)10-7-17)23(26(33)35-15(3)4)16(5)30-27(31)36-22/h6-15,24H,1-5H3/b22-13+/t24-/m0/s1. The second-order valence-electron chi connectivity index (χ2n) is 8.94.